The van der Waals surface area contributed by atoms with Crippen molar-refractivity contribution in [2.75, 3.05) is 23.3 Å². The van der Waals surface area contributed by atoms with Gasteiger partial charge in [-0.25, -0.2) is 0 Å². The SMILES string of the molecule is CC(C)CC(C(=O)Nc1ccc(N2CCC(C)CC2)cc1)N1C(=O)C2CC=CCC2C1=O. The van der Waals surface area contributed by atoms with Crippen molar-refractivity contribution in [1.29, 1.82) is 0 Å². The molecule has 1 N–H and O–H groups in total. The number of nitrogens with zero attached hydrogens (tertiary/aromatic N) is 2. The number of hydrogen-bond donors (Lipinski definition) is 1. The molecule has 172 valence electrons. The van der Waals surface area contributed by atoms with Crippen LogP contribution in [-0.2, 0) is 14.4 Å². The van der Waals surface area contributed by atoms with Gasteiger partial charge in [0.05, 0.1) is 11.8 Å². The number of allylic oxidation sites excluding steroid dienone is 2. The van der Waals surface area contributed by atoms with E-state index in [4.69, 9.17) is 0 Å². The summed E-state index contributed by atoms with van der Waals surface area (Å²) >= 11 is 0. The van der Waals surface area contributed by atoms with Gasteiger partial charge in [-0.05, 0) is 68.2 Å². The molecular formula is C26H35N3O3. The molecule has 0 saturated carbocycles. The van der Waals surface area contributed by atoms with Gasteiger partial charge in [-0.3, -0.25) is 19.3 Å². The molecule has 1 aromatic rings. The van der Waals surface area contributed by atoms with E-state index in [9.17, 15) is 14.4 Å². The van der Waals surface area contributed by atoms with Crippen molar-refractivity contribution in [3.63, 3.8) is 0 Å². The van der Waals surface area contributed by atoms with Gasteiger partial charge in [0.2, 0.25) is 17.7 Å². The first-order chi connectivity index (χ1) is 15.3. The molecule has 6 nitrogen and oxygen atoms in total. The molecule has 32 heavy (non-hydrogen) atoms. The molecule has 2 heterocycles. The van der Waals surface area contributed by atoms with Crippen LogP contribution < -0.4 is 10.2 Å². The molecule has 0 spiro atoms. The Kier molecular flexibility index (Phi) is 6.68. The average molecular weight is 438 g/mol. The van der Waals surface area contributed by atoms with E-state index in [0.717, 1.165) is 24.7 Å². The zero-order valence-corrected chi connectivity index (χ0v) is 19.4. The highest BCUT2D eigenvalue weighted by Gasteiger charge is 2.51. The first-order valence-corrected chi connectivity index (χ1v) is 12.0. The van der Waals surface area contributed by atoms with Crippen LogP contribution in [0.1, 0.15) is 52.9 Å². The molecule has 2 fully saturated rings. The quantitative estimate of drug-likeness (QED) is 0.534. The van der Waals surface area contributed by atoms with Gasteiger partial charge in [-0.15, -0.1) is 0 Å². The molecule has 1 aliphatic carbocycles. The summed E-state index contributed by atoms with van der Waals surface area (Å²) in [7, 11) is 0. The number of fused-ring (bicyclic) bond motifs is 1. The second-order valence-electron chi connectivity index (χ2n) is 10.1. The maximum Gasteiger partial charge on any atom is 0.247 e. The van der Waals surface area contributed by atoms with E-state index in [1.807, 2.05) is 50.3 Å². The normalized spacial score (nSPS) is 24.8. The summed E-state index contributed by atoms with van der Waals surface area (Å²) in [6, 6.07) is 7.12. The van der Waals surface area contributed by atoms with Crippen LogP contribution in [-0.4, -0.2) is 41.8 Å². The van der Waals surface area contributed by atoms with Crippen molar-refractivity contribution in [2.45, 2.75) is 58.9 Å². The lowest BCUT2D eigenvalue weighted by atomic mass is 9.85. The fraction of sp³-hybridized carbons (Fsp3) is 0.577. The van der Waals surface area contributed by atoms with E-state index in [0.29, 0.717) is 24.9 Å². The number of likely N-dealkylation sites (tertiary alicyclic amines) is 1. The van der Waals surface area contributed by atoms with Crippen LogP contribution in [0.15, 0.2) is 36.4 Å². The summed E-state index contributed by atoms with van der Waals surface area (Å²) in [4.78, 5) is 43.0. The summed E-state index contributed by atoms with van der Waals surface area (Å²) < 4.78 is 0. The maximum atomic E-state index is 13.3. The van der Waals surface area contributed by atoms with Gasteiger partial charge in [-0.1, -0.05) is 32.9 Å². The van der Waals surface area contributed by atoms with E-state index in [2.05, 4.69) is 17.1 Å². The Balaban J connectivity index is 1.47. The second-order valence-corrected chi connectivity index (χ2v) is 10.1. The topological polar surface area (TPSA) is 69.7 Å². The highest BCUT2D eigenvalue weighted by atomic mass is 16.2. The number of anilines is 2. The van der Waals surface area contributed by atoms with Crippen LogP contribution in [0.3, 0.4) is 0 Å². The van der Waals surface area contributed by atoms with Crippen molar-refractivity contribution in [3.05, 3.63) is 36.4 Å². The summed E-state index contributed by atoms with van der Waals surface area (Å²) in [5.41, 5.74) is 1.85. The lowest BCUT2D eigenvalue weighted by molar-refractivity contribution is -0.147. The molecule has 2 saturated heterocycles. The van der Waals surface area contributed by atoms with Gasteiger partial charge in [0.15, 0.2) is 0 Å². The number of hydrogen-bond acceptors (Lipinski definition) is 4. The van der Waals surface area contributed by atoms with E-state index in [1.54, 1.807) is 0 Å². The minimum absolute atomic E-state index is 0.177. The molecule has 3 amide bonds. The third-order valence-corrected chi connectivity index (χ3v) is 7.13. The highest BCUT2D eigenvalue weighted by Crippen LogP contribution is 2.37. The second kappa shape index (κ2) is 9.47. The van der Waals surface area contributed by atoms with Crippen molar-refractivity contribution in [2.24, 2.45) is 23.7 Å². The highest BCUT2D eigenvalue weighted by molar-refractivity contribution is 6.10. The minimum Gasteiger partial charge on any atom is -0.372 e. The maximum absolute atomic E-state index is 13.3. The van der Waals surface area contributed by atoms with Crippen LogP contribution in [0.25, 0.3) is 0 Å². The Bertz CT molecular complexity index is 858. The minimum atomic E-state index is -0.774. The van der Waals surface area contributed by atoms with Crippen molar-refractivity contribution in [1.82, 2.24) is 4.90 Å². The molecule has 0 bridgehead atoms. The van der Waals surface area contributed by atoms with Gasteiger partial charge in [-0.2, -0.15) is 0 Å². The summed E-state index contributed by atoms with van der Waals surface area (Å²) in [6.07, 6.45) is 7.96. The van der Waals surface area contributed by atoms with Gasteiger partial charge in [0, 0.05) is 24.5 Å². The van der Waals surface area contributed by atoms with Crippen molar-refractivity contribution in [3.8, 4) is 0 Å². The number of amides is 3. The van der Waals surface area contributed by atoms with E-state index in [-0.39, 0.29) is 35.5 Å². The standard InChI is InChI=1S/C26H35N3O3/c1-17(2)16-23(29-25(31)21-6-4-5-7-22(21)26(29)32)24(30)27-19-8-10-20(11-9-19)28-14-12-18(3)13-15-28/h4-5,8-11,17-18,21-23H,6-7,12-16H2,1-3H3,(H,27,30). The van der Waals surface area contributed by atoms with Crippen LogP contribution >= 0.6 is 0 Å². The number of piperidine rings is 1. The number of carbonyl (C=O) groups excluding carboxylic acids is 3. The number of carbonyl (C=O) groups is 3. The Hall–Kier alpha value is -2.63. The molecule has 3 atom stereocenters. The van der Waals surface area contributed by atoms with Crippen molar-refractivity contribution < 1.29 is 14.4 Å². The zero-order chi connectivity index (χ0) is 22.8. The predicted octanol–water partition coefficient (Wildman–Crippen LogP) is 4.23. The molecular weight excluding hydrogens is 402 g/mol. The van der Waals surface area contributed by atoms with Crippen LogP contribution in [0.4, 0.5) is 11.4 Å². The van der Waals surface area contributed by atoms with Gasteiger partial charge < -0.3 is 10.2 Å². The zero-order valence-electron chi connectivity index (χ0n) is 19.4. The predicted molar refractivity (Wildman–Crippen MR) is 126 cm³/mol. The Morgan fingerprint density at radius 1 is 1.00 bits per heavy atom. The Morgan fingerprint density at radius 2 is 1.56 bits per heavy atom. The lowest BCUT2D eigenvalue weighted by Gasteiger charge is -2.32. The molecule has 1 aromatic carbocycles. The van der Waals surface area contributed by atoms with Crippen LogP contribution in [0.5, 0.6) is 0 Å². The molecule has 0 aromatic heterocycles. The fourth-order valence-electron chi connectivity index (χ4n) is 5.16. The average Bonchev–Trinajstić information content (AvgIpc) is 3.03. The van der Waals surface area contributed by atoms with Crippen molar-refractivity contribution >= 4 is 29.1 Å². The van der Waals surface area contributed by atoms with Gasteiger partial charge in [0.25, 0.3) is 0 Å². The third-order valence-electron chi connectivity index (χ3n) is 7.13. The summed E-state index contributed by atoms with van der Waals surface area (Å²) in [5, 5.41) is 2.96. The Labute approximate surface area is 191 Å². The van der Waals surface area contributed by atoms with Crippen LogP contribution in [0, 0.1) is 23.7 Å². The first kappa shape index (κ1) is 22.6. The van der Waals surface area contributed by atoms with E-state index in [1.165, 1.54) is 17.7 Å². The smallest absolute Gasteiger partial charge is 0.247 e. The molecule has 3 aliphatic rings. The number of imide groups is 1. The number of rotatable bonds is 6. The van der Waals surface area contributed by atoms with E-state index < -0.39 is 6.04 Å². The largest absolute Gasteiger partial charge is 0.372 e. The third kappa shape index (κ3) is 4.59. The first-order valence-electron chi connectivity index (χ1n) is 12.0. The molecule has 0 radical (unpaired) electrons. The van der Waals surface area contributed by atoms with Gasteiger partial charge in [0.1, 0.15) is 6.04 Å². The monoisotopic (exact) mass is 437 g/mol. The molecule has 6 heteroatoms. The summed E-state index contributed by atoms with van der Waals surface area (Å²) in [5.74, 6) is -0.358. The molecule has 3 unspecified atom stereocenters. The van der Waals surface area contributed by atoms with Crippen LogP contribution in [0.2, 0.25) is 0 Å². The van der Waals surface area contributed by atoms with Gasteiger partial charge >= 0.3 is 0 Å². The summed E-state index contributed by atoms with van der Waals surface area (Å²) in [6.45, 7) is 8.42. The number of benzene rings is 1. The number of nitrogens with one attached hydrogen (secondary N) is 1. The lowest BCUT2D eigenvalue weighted by Crippen LogP contribution is -2.48. The molecule has 2 aliphatic heterocycles. The fourth-order valence-corrected chi connectivity index (χ4v) is 5.16. The molecule has 4 rings (SSSR count). The Morgan fingerprint density at radius 3 is 2.09 bits per heavy atom. The van der Waals surface area contributed by atoms with E-state index >= 15 is 0 Å².